The van der Waals surface area contributed by atoms with Gasteiger partial charge in [-0.05, 0) is 56.7 Å². The Hall–Kier alpha value is -3.14. The molecule has 0 bridgehead atoms. The van der Waals surface area contributed by atoms with Crippen LogP contribution in [0.2, 0.25) is 5.02 Å². The molecule has 182 valence electrons. The first kappa shape index (κ1) is 25.0. The number of anilines is 1. The zero-order chi connectivity index (χ0) is 25.5. The van der Waals surface area contributed by atoms with Crippen LogP contribution >= 0.6 is 11.6 Å². The Balaban J connectivity index is 1.75. The van der Waals surface area contributed by atoms with Gasteiger partial charge >= 0.3 is 0 Å². The monoisotopic (exact) mass is 514 g/mol. The molecular weight excluding hydrogens is 491 g/mol. The van der Waals surface area contributed by atoms with Crippen molar-refractivity contribution in [2.24, 2.45) is 0 Å². The van der Waals surface area contributed by atoms with E-state index in [1.165, 1.54) is 18.3 Å². The fourth-order valence-electron chi connectivity index (χ4n) is 3.67. The second kappa shape index (κ2) is 9.14. The van der Waals surface area contributed by atoms with Gasteiger partial charge in [0.15, 0.2) is 15.7 Å². The minimum atomic E-state index is -3.50. The van der Waals surface area contributed by atoms with Crippen molar-refractivity contribution in [3.05, 3.63) is 77.2 Å². The molecule has 0 spiro atoms. The molecule has 35 heavy (non-hydrogen) atoms. The summed E-state index contributed by atoms with van der Waals surface area (Å²) in [6.07, 6.45) is 5.83. The number of sulfone groups is 1. The summed E-state index contributed by atoms with van der Waals surface area (Å²) >= 11 is 6.48. The summed E-state index contributed by atoms with van der Waals surface area (Å²) in [7, 11) is -3.50. The molecule has 0 radical (unpaired) electrons. The first-order valence-electron chi connectivity index (χ1n) is 10.7. The number of aliphatic hydroxyl groups is 1. The number of hydrogen-bond donors (Lipinski definition) is 2. The van der Waals surface area contributed by atoms with Gasteiger partial charge in [0.25, 0.3) is 0 Å². The third-order valence-corrected chi connectivity index (χ3v) is 6.97. The Morgan fingerprint density at radius 3 is 2.34 bits per heavy atom. The van der Waals surface area contributed by atoms with Gasteiger partial charge in [-0.25, -0.2) is 22.8 Å². The van der Waals surface area contributed by atoms with Gasteiger partial charge in [0, 0.05) is 41.4 Å². The van der Waals surface area contributed by atoms with Crippen molar-refractivity contribution in [1.29, 1.82) is 0 Å². The maximum absolute atomic E-state index is 14.6. The normalized spacial score (nSPS) is 13.1. The number of halogens is 2. The van der Waals surface area contributed by atoms with Crippen molar-refractivity contribution in [3.8, 4) is 11.1 Å². The molecule has 2 aromatic carbocycles. The SMILES string of the molecule is C[C@@H](Nc1c(Cl)cnc2ccc(-c3cnc(C(C)(C)O)nc3)cc12)c1cc(S(C)(=O)=O)ccc1F. The van der Waals surface area contributed by atoms with Crippen molar-refractivity contribution in [2.45, 2.75) is 37.3 Å². The highest BCUT2D eigenvalue weighted by Gasteiger charge is 2.20. The van der Waals surface area contributed by atoms with Gasteiger partial charge in [-0.1, -0.05) is 17.7 Å². The molecule has 1 atom stereocenters. The number of pyridine rings is 1. The Morgan fingerprint density at radius 1 is 1.03 bits per heavy atom. The second-order valence-corrected chi connectivity index (χ2v) is 11.3. The number of rotatable bonds is 6. The average Bonchev–Trinajstić information content (AvgIpc) is 2.79. The summed E-state index contributed by atoms with van der Waals surface area (Å²) in [6, 6.07) is 8.68. The lowest BCUT2D eigenvalue weighted by Crippen LogP contribution is -2.19. The summed E-state index contributed by atoms with van der Waals surface area (Å²) < 4.78 is 38.5. The molecule has 0 saturated heterocycles. The highest BCUT2D eigenvalue weighted by atomic mass is 35.5. The zero-order valence-corrected chi connectivity index (χ0v) is 21.1. The van der Waals surface area contributed by atoms with Crippen LogP contribution in [0.15, 0.2) is 59.9 Å². The Labute approximate surface area is 208 Å². The van der Waals surface area contributed by atoms with Crippen molar-refractivity contribution in [1.82, 2.24) is 15.0 Å². The minimum Gasteiger partial charge on any atom is -0.382 e. The quantitative estimate of drug-likeness (QED) is 0.337. The molecule has 7 nitrogen and oxygen atoms in total. The van der Waals surface area contributed by atoms with Crippen LogP contribution in [-0.2, 0) is 15.4 Å². The van der Waals surface area contributed by atoms with Crippen LogP contribution in [0.25, 0.3) is 22.0 Å². The van der Waals surface area contributed by atoms with Gasteiger partial charge in [0.2, 0.25) is 0 Å². The largest absolute Gasteiger partial charge is 0.382 e. The Kier molecular flexibility index (Phi) is 6.52. The number of fused-ring (bicyclic) bond motifs is 1. The van der Waals surface area contributed by atoms with Crippen LogP contribution in [0.3, 0.4) is 0 Å². The molecule has 2 heterocycles. The standard InChI is InChI=1S/C25H24ClFN4O3S/c1-14(18-10-17(35(4,33)34)6-7-21(18)27)31-23-19-9-15(5-8-22(19)28-13-20(23)26)16-11-29-24(30-12-16)25(2,3)32/h5-14,32H,1-4H3,(H,28,31)/t14-/m1/s1. The predicted octanol–water partition coefficient (Wildman–Crippen LogP) is 5.29. The predicted molar refractivity (Wildman–Crippen MR) is 135 cm³/mol. The van der Waals surface area contributed by atoms with Crippen LogP contribution in [0.4, 0.5) is 10.1 Å². The van der Waals surface area contributed by atoms with E-state index in [1.807, 2.05) is 18.2 Å². The van der Waals surface area contributed by atoms with Gasteiger partial charge < -0.3 is 10.4 Å². The molecule has 0 saturated carbocycles. The smallest absolute Gasteiger partial charge is 0.175 e. The van der Waals surface area contributed by atoms with Crippen LogP contribution in [0.1, 0.15) is 38.2 Å². The lowest BCUT2D eigenvalue weighted by atomic mass is 10.0. The molecule has 0 fully saturated rings. The average molecular weight is 515 g/mol. The molecule has 0 amide bonds. The fourth-order valence-corrected chi connectivity index (χ4v) is 4.53. The van der Waals surface area contributed by atoms with E-state index in [4.69, 9.17) is 11.6 Å². The summed E-state index contributed by atoms with van der Waals surface area (Å²) in [5.74, 6) is -0.224. The number of nitrogens with one attached hydrogen (secondary N) is 1. The number of aromatic nitrogens is 3. The van der Waals surface area contributed by atoms with E-state index in [9.17, 15) is 17.9 Å². The fraction of sp³-hybridized carbons (Fsp3) is 0.240. The molecule has 0 aliphatic rings. The van der Waals surface area contributed by atoms with E-state index in [0.29, 0.717) is 27.4 Å². The molecule has 2 N–H and O–H groups in total. The molecule has 0 aliphatic heterocycles. The van der Waals surface area contributed by atoms with Gasteiger partial charge in [-0.2, -0.15) is 0 Å². The molecule has 0 unspecified atom stereocenters. The van der Waals surface area contributed by atoms with E-state index in [-0.39, 0.29) is 10.5 Å². The molecular formula is C25H24ClFN4O3S. The van der Waals surface area contributed by atoms with Crippen molar-refractivity contribution < 1.29 is 17.9 Å². The summed E-state index contributed by atoms with van der Waals surface area (Å²) in [6.45, 7) is 4.94. The van der Waals surface area contributed by atoms with Crippen LogP contribution < -0.4 is 5.32 Å². The second-order valence-electron chi connectivity index (χ2n) is 8.89. The first-order valence-corrected chi connectivity index (χ1v) is 13.0. The van der Waals surface area contributed by atoms with Gasteiger partial charge in [-0.3, -0.25) is 4.98 Å². The number of nitrogens with zero attached hydrogens (tertiary/aromatic N) is 3. The van der Waals surface area contributed by atoms with E-state index >= 15 is 0 Å². The zero-order valence-electron chi connectivity index (χ0n) is 19.5. The van der Waals surface area contributed by atoms with E-state index < -0.39 is 27.3 Å². The first-order chi connectivity index (χ1) is 16.3. The van der Waals surface area contributed by atoms with E-state index in [2.05, 4.69) is 20.3 Å². The molecule has 2 aromatic heterocycles. The summed E-state index contributed by atoms with van der Waals surface area (Å²) in [4.78, 5) is 12.9. The maximum Gasteiger partial charge on any atom is 0.175 e. The minimum absolute atomic E-state index is 0.0324. The third-order valence-electron chi connectivity index (χ3n) is 5.58. The topological polar surface area (TPSA) is 105 Å². The molecule has 0 aliphatic carbocycles. The number of hydrogen-bond acceptors (Lipinski definition) is 7. The lowest BCUT2D eigenvalue weighted by molar-refractivity contribution is 0.0687. The van der Waals surface area contributed by atoms with Crippen LogP contribution in [0, 0.1) is 5.82 Å². The maximum atomic E-state index is 14.6. The van der Waals surface area contributed by atoms with Gasteiger partial charge in [0.1, 0.15) is 11.4 Å². The van der Waals surface area contributed by atoms with Gasteiger partial charge in [-0.15, -0.1) is 0 Å². The Bertz CT molecular complexity index is 1520. The third kappa shape index (κ3) is 5.27. The van der Waals surface area contributed by atoms with E-state index in [0.717, 1.165) is 23.4 Å². The van der Waals surface area contributed by atoms with Crippen molar-refractivity contribution in [3.63, 3.8) is 0 Å². The van der Waals surface area contributed by atoms with Crippen LogP contribution in [-0.4, -0.2) is 34.7 Å². The Morgan fingerprint density at radius 2 is 1.71 bits per heavy atom. The molecule has 4 rings (SSSR count). The van der Waals surface area contributed by atoms with Crippen molar-refractivity contribution in [2.75, 3.05) is 11.6 Å². The molecule has 4 aromatic rings. The number of benzene rings is 2. The summed E-state index contributed by atoms with van der Waals surface area (Å²) in [5, 5.41) is 14.3. The summed E-state index contributed by atoms with van der Waals surface area (Å²) in [5.41, 5.74) is 1.75. The van der Waals surface area contributed by atoms with Crippen molar-refractivity contribution >= 4 is 38.0 Å². The highest BCUT2D eigenvalue weighted by Crippen LogP contribution is 2.35. The van der Waals surface area contributed by atoms with Crippen LogP contribution in [0.5, 0.6) is 0 Å². The lowest BCUT2D eigenvalue weighted by Gasteiger charge is -2.20. The van der Waals surface area contributed by atoms with Gasteiger partial charge in [0.05, 0.1) is 27.2 Å². The molecule has 10 heteroatoms. The highest BCUT2D eigenvalue weighted by molar-refractivity contribution is 7.90. The van der Waals surface area contributed by atoms with E-state index in [1.54, 1.807) is 33.2 Å².